The van der Waals surface area contributed by atoms with Crippen LogP contribution >= 0.6 is 0 Å². The Kier molecular flexibility index (Phi) is 9.67. The average Bonchev–Trinajstić information content (AvgIpc) is 3.15. The van der Waals surface area contributed by atoms with Crippen molar-refractivity contribution < 1.29 is 0 Å². The van der Waals surface area contributed by atoms with E-state index in [9.17, 15) is 0 Å². The maximum atomic E-state index is 2.33. The van der Waals surface area contributed by atoms with Gasteiger partial charge in [-0.15, -0.1) is 0 Å². The van der Waals surface area contributed by atoms with Crippen LogP contribution in [0.1, 0.15) is 38.9 Å². The highest BCUT2D eigenvalue weighted by Crippen LogP contribution is 2.37. The Bertz CT molecular complexity index is 2150. The lowest BCUT2D eigenvalue weighted by Crippen LogP contribution is -2.10. The molecule has 0 amide bonds. The third kappa shape index (κ3) is 7.71. The molecule has 0 unspecified atom stereocenters. The Morgan fingerprint density at radius 1 is 0.314 bits per heavy atom. The van der Waals surface area contributed by atoms with E-state index in [0.29, 0.717) is 0 Å². The molecule has 0 fully saturated rings. The zero-order valence-electron chi connectivity index (χ0n) is 30.1. The number of benzene rings is 7. The van der Waals surface area contributed by atoms with Crippen LogP contribution in [0.4, 0.5) is 34.1 Å². The fraction of sp³-hybridized carbons (Fsp3) is 0.102. The number of anilines is 6. The second kappa shape index (κ2) is 14.8. The van der Waals surface area contributed by atoms with Crippen molar-refractivity contribution in [3.05, 3.63) is 203 Å². The van der Waals surface area contributed by atoms with Gasteiger partial charge in [0.15, 0.2) is 0 Å². The molecular weight excluding hydrogens is 617 g/mol. The molecule has 0 saturated carbocycles. The quantitative estimate of drug-likeness (QED) is 0.142. The third-order valence-corrected chi connectivity index (χ3v) is 9.51. The molecule has 0 radical (unpaired) electrons. The lowest BCUT2D eigenvalue weighted by molar-refractivity contribution is 1.25. The van der Waals surface area contributed by atoms with Crippen LogP contribution in [0.25, 0.3) is 23.3 Å². The van der Waals surface area contributed by atoms with Crippen molar-refractivity contribution in [1.82, 2.24) is 0 Å². The second-order valence-corrected chi connectivity index (χ2v) is 13.6. The topological polar surface area (TPSA) is 6.48 Å². The molecule has 0 aromatic heterocycles. The van der Waals surface area contributed by atoms with Crippen molar-refractivity contribution in [2.45, 2.75) is 34.6 Å². The van der Waals surface area contributed by atoms with Crippen molar-refractivity contribution >= 4 is 46.3 Å². The number of hydrogen-bond donors (Lipinski definition) is 0. The first kappa shape index (κ1) is 33.4. The zero-order chi connectivity index (χ0) is 35.3. The average molecular weight is 661 g/mol. The first-order valence-electron chi connectivity index (χ1n) is 17.7. The molecule has 250 valence electrons. The summed E-state index contributed by atoms with van der Waals surface area (Å²) < 4.78 is 0. The van der Waals surface area contributed by atoms with Gasteiger partial charge in [0.05, 0.1) is 0 Å². The van der Waals surface area contributed by atoms with E-state index in [-0.39, 0.29) is 0 Å². The summed E-state index contributed by atoms with van der Waals surface area (Å²) in [5.74, 6) is 0. The summed E-state index contributed by atoms with van der Waals surface area (Å²) >= 11 is 0. The van der Waals surface area contributed by atoms with Crippen LogP contribution in [0, 0.1) is 34.6 Å². The van der Waals surface area contributed by atoms with Gasteiger partial charge in [0, 0.05) is 34.1 Å². The molecule has 7 rings (SSSR count). The number of nitrogens with zero attached hydrogens (tertiary/aromatic N) is 2. The van der Waals surface area contributed by atoms with Crippen molar-refractivity contribution in [1.29, 1.82) is 0 Å². The van der Waals surface area contributed by atoms with Crippen molar-refractivity contribution in [2.24, 2.45) is 0 Å². The van der Waals surface area contributed by atoms with Gasteiger partial charge in [-0.2, -0.15) is 0 Å². The number of rotatable bonds is 9. The summed E-state index contributed by atoms with van der Waals surface area (Å²) in [4.78, 5) is 4.64. The molecule has 7 aromatic rings. The highest BCUT2D eigenvalue weighted by Gasteiger charge is 2.14. The van der Waals surface area contributed by atoms with E-state index in [0.717, 1.165) is 34.1 Å². The van der Waals surface area contributed by atoms with Crippen LogP contribution in [0.5, 0.6) is 0 Å². The zero-order valence-corrected chi connectivity index (χ0v) is 30.1. The highest BCUT2D eigenvalue weighted by atomic mass is 15.1. The van der Waals surface area contributed by atoms with Crippen LogP contribution in [-0.4, -0.2) is 0 Å². The Morgan fingerprint density at radius 3 is 1.00 bits per heavy atom. The second-order valence-electron chi connectivity index (χ2n) is 13.6. The normalized spacial score (nSPS) is 11.2. The first-order chi connectivity index (χ1) is 24.8. The van der Waals surface area contributed by atoms with Crippen LogP contribution in [0.15, 0.2) is 164 Å². The summed E-state index contributed by atoms with van der Waals surface area (Å²) in [7, 11) is 0. The van der Waals surface area contributed by atoms with Crippen molar-refractivity contribution in [2.75, 3.05) is 9.80 Å². The summed E-state index contributed by atoms with van der Waals surface area (Å²) in [6.45, 7) is 10.7. The smallest absolute Gasteiger partial charge is 0.0464 e. The van der Waals surface area contributed by atoms with Gasteiger partial charge in [-0.05, 0) is 135 Å². The first-order valence-corrected chi connectivity index (χ1v) is 17.7. The third-order valence-electron chi connectivity index (χ3n) is 9.51. The van der Waals surface area contributed by atoms with Gasteiger partial charge in [-0.25, -0.2) is 0 Å². The van der Waals surface area contributed by atoms with Crippen molar-refractivity contribution in [3.63, 3.8) is 0 Å². The van der Waals surface area contributed by atoms with Crippen LogP contribution in [-0.2, 0) is 0 Å². The van der Waals surface area contributed by atoms with Gasteiger partial charge < -0.3 is 9.80 Å². The molecule has 0 bridgehead atoms. The van der Waals surface area contributed by atoms with Crippen LogP contribution in [0.2, 0.25) is 0 Å². The van der Waals surface area contributed by atoms with E-state index < -0.39 is 0 Å². The largest absolute Gasteiger partial charge is 0.311 e. The van der Waals surface area contributed by atoms with E-state index in [4.69, 9.17) is 0 Å². The van der Waals surface area contributed by atoms with Gasteiger partial charge in [0.25, 0.3) is 0 Å². The lowest BCUT2D eigenvalue weighted by Gasteiger charge is -2.26. The fourth-order valence-electron chi connectivity index (χ4n) is 6.43. The predicted octanol–water partition coefficient (Wildman–Crippen LogP) is 14.0. The van der Waals surface area contributed by atoms with Gasteiger partial charge in [-0.3, -0.25) is 0 Å². The summed E-state index contributed by atoms with van der Waals surface area (Å²) in [6.07, 6.45) is 4.42. The molecule has 51 heavy (non-hydrogen) atoms. The Hall–Kier alpha value is -6.12. The molecule has 0 N–H and O–H groups in total. The Labute approximate surface area is 303 Å². The molecule has 0 aliphatic heterocycles. The van der Waals surface area contributed by atoms with Crippen molar-refractivity contribution in [3.8, 4) is 11.1 Å². The standard InChI is InChI=1S/C49H44N2/c1-35-6-23-44(24-7-35)50(45-25-8-36(2)9-26-45)48-31-21-43(22-32-48)42-18-15-40(16-19-42)14-17-41-20-33-49(34-39(41)5)51(46-27-10-37(3)11-28-46)47-29-12-38(4)13-30-47/h6-34H,1-5H3/b17-14+. The molecule has 0 atom stereocenters. The molecule has 2 nitrogen and oxygen atoms in total. The summed E-state index contributed by atoms with van der Waals surface area (Å²) in [6, 6.07) is 59.3. The van der Waals surface area contributed by atoms with E-state index >= 15 is 0 Å². The minimum Gasteiger partial charge on any atom is -0.311 e. The van der Waals surface area contributed by atoms with E-state index in [1.807, 2.05) is 0 Å². The molecule has 2 heteroatoms. The number of aryl methyl sites for hydroxylation is 5. The maximum absolute atomic E-state index is 2.33. The maximum Gasteiger partial charge on any atom is 0.0464 e. The molecule has 0 aliphatic rings. The molecule has 0 aliphatic carbocycles. The lowest BCUT2D eigenvalue weighted by atomic mass is 10.0. The monoisotopic (exact) mass is 660 g/mol. The Balaban J connectivity index is 1.09. The molecular formula is C49H44N2. The minimum absolute atomic E-state index is 1.13. The summed E-state index contributed by atoms with van der Waals surface area (Å²) in [5.41, 5.74) is 17.9. The van der Waals surface area contributed by atoms with Crippen LogP contribution < -0.4 is 9.80 Å². The van der Waals surface area contributed by atoms with E-state index in [2.05, 4.69) is 220 Å². The van der Waals surface area contributed by atoms with E-state index in [1.54, 1.807) is 0 Å². The molecule has 7 aromatic carbocycles. The molecule has 0 heterocycles. The fourth-order valence-corrected chi connectivity index (χ4v) is 6.43. The number of hydrogen-bond acceptors (Lipinski definition) is 2. The highest BCUT2D eigenvalue weighted by molar-refractivity contribution is 5.81. The molecule has 0 saturated heterocycles. The van der Waals surface area contributed by atoms with E-state index in [1.165, 1.54) is 50.1 Å². The van der Waals surface area contributed by atoms with Gasteiger partial charge in [0.2, 0.25) is 0 Å². The molecule has 0 spiro atoms. The minimum atomic E-state index is 1.13. The predicted molar refractivity (Wildman–Crippen MR) is 220 cm³/mol. The SMILES string of the molecule is Cc1ccc(N(c2ccc(C)cc2)c2ccc(-c3ccc(/C=C/c4ccc(N(c5ccc(C)cc5)c5ccc(C)cc5)cc4C)cc3)cc2)cc1. The van der Waals surface area contributed by atoms with Gasteiger partial charge >= 0.3 is 0 Å². The van der Waals surface area contributed by atoms with Crippen LogP contribution in [0.3, 0.4) is 0 Å². The Morgan fingerprint density at radius 2 is 0.627 bits per heavy atom. The summed E-state index contributed by atoms with van der Waals surface area (Å²) in [5, 5.41) is 0. The van der Waals surface area contributed by atoms with Gasteiger partial charge in [0.1, 0.15) is 0 Å². The van der Waals surface area contributed by atoms with Gasteiger partial charge in [-0.1, -0.05) is 125 Å².